The van der Waals surface area contributed by atoms with E-state index in [0.29, 0.717) is 57.4 Å². The highest BCUT2D eigenvalue weighted by Crippen LogP contribution is 2.62. The van der Waals surface area contributed by atoms with Gasteiger partial charge in [-0.1, -0.05) is 18.2 Å². The van der Waals surface area contributed by atoms with E-state index >= 15 is 0 Å². The zero-order chi connectivity index (χ0) is 21.4. The van der Waals surface area contributed by atoms with Crippen LogP contribution in [0.5, 0.6) is 11.5 Å². The van der Waals surface area contributed by atoms with Crippen LogP contribution in [0.25, 0.3) is 0 Å². The number of benzene rings is 1. The molecule has 0 aromatic heterocycles. The normalized spacial score (nSPS) is 32.7. The summed E-state index contributed by atoms with van der Waals surface area (Å²) in [6.45, 7) is 4.30. The molecule has 1 aromatic carbocycles. The van der Waals surface area contributed by atoms with Crippen molar-refractivity contribution in [2.24, 2.45) is 5.92 Å². The number of likely N-dealkylation sites (tertiary alicyclic amines) is 1. The number of phenols is 1. The summed E-state index contributed by atoms with van der Waals surface area (Å²) < 4.78 is 28.7. The van der Waals surface area contributed by atoms with Crippen LogP contribution in [0.15, 0.2) is 24.3 Å². The molecule has 2 unspecified atom stereocenters. The van der Waals surface area contributed by atoms with Gasteiger partial charge in [0.05, 0.1) is 39.6 Å². The van der Waals surface area contributed by atoms with Crippen molar-refractivity contribution >= 4 is 0 Å². The molecule has 2 heterocycles. The highest BCUT2D eigenvalue weighted by atomic mass is 16.6. The third kappa shape index (κ3) is 3.47. The van der Waals surface area contributed by atoms with Crippen LogP contribution in [0.1, 0.15) is 17.5 Å². The van der Waals surface area contributed by atoms with Crippen LogP contribution < -0.4 is 4.74 Å². The van der Waals surface area contributed by atoms with E-state index in [-0.39, 0.29) is 23.4 Å². The summed E-state index contributed by atoms with van der Waals surface area (Å²) in [7, 11) is 3.88. The second kappa shape index (κ2) is 8.71. The largest absolute Gasteiger partial charge is 0.504 e. The summed E-state index contributed by atoms with van der Waals surface area (Å²) >= 11 is 0. The zero-order valence-electron chi connectivity index (χ0n) is 18.4. The van der Waals surface area contributed by atoms with Gasteiger partial charge in [0.2, 0.25) is 0 Å². The summed E-state index contributed by atoms with van der Waals surface area (Å²) in [6, 6.07) is 4.33. The Bertz CT molecular complexity index is 829. The van der Waals surface area contributed by atoms with Gasteiger partial charge >= 0.3 is 0 Å². The Kier molecular flexibility index (Phi) is 5.96. The van der Waals surface area contributed by atoms with Gasteiger partial charge in [0.1, 0.15) is 12.2 Å². The Morgan fingerprint density at radius 1 is 1.10 bits per heavy atom. The van der Waals surface area contributed by atoms with Gasteiger partial charge in [-0.05, 0) is 38.1 Å². The number of piperidine rings is 1. The summed E-state index contributed by atoms with van der Waals surface area (Å²) in [5.74, 6) is 1.30. The van der Waals surface area contributed by atoms with Crippen molar-refractivity contribution in [2.45, 2.75) is 36.5 Å². The van der Waals surface area contributed by atoms with Gasteiger partial charge in [0.15, 0.2) is 11.5 Å². The number of likely N-dealkylation sites (N-methyl/N-ethyl adjacent to an activating group) is 1. The number of aromatic hydroxyl groups is 1. The van der Waals surface area contributed by atoms with Crippen LogP contribution in [0.3, 0.4) is 0 Å². The first-order chi connectivity index (χ1) is 15.2. The van der Waals surface area contributed by atoms with Crippen LogP contribution in [0.4, 0.5) is 0 Å². The molecule has 1 N–H and O–H groups in total. The van der Waals surface area contributed by atoms with Crippen molar-refractivity contribution in [3.05, 3.63) is 35.4 Å². The molecule has 0 amide bonds. The third-order valence-electron chi connectivity index (χ3n) is 7.47. The first kappa shape index (κ1) is 21.2. The minimum Gasteiger partial charge on any atom is -0.504 e. The maximum absolute atomic E-state index is 10.6. The number of hydrogen-bond acceptors (Lipinski definition) is 7. The van der Waals surface area contributed by atoms with Crippen LogP contribution in [0, 0.1) is 5.92 Å². The van der Waals surface area contributed by atoms with Gasteiger partial charge < -0.3 is 33.7 Å². The smallest absolute Gasteiger partial charge is 0.165 e. The molecule has 2 aliphatic heterocycles. The van der Waals surface area contributed by atoms with Crippen molar-refractivity contribution in [2.75, 3.05) is 60.3 Å². The minimum absolute atomic E-state index is 0.113. The van der Waals surface area contributed by atoms with E-state index in [0.717, 1.165) is 19.4 Å². The molecule has 0 radical (unpaired) electrons. The van der Waals surface area contributed by atoms with Gasteiger partial charge in [0.25, 0.3) is 0 Å². The number of ether oxygens (including phenoxy) is 5. The first-order valence-electron chi connectivity index (χ1n) is 11.3. The fraction of sp³-hybridized carbons (Fsp3) is 0.667. The van der Waals surface area contributed by atoms with Gasteiger partial charge in [-0.15, -0.1) is 0 Å². The van der Waals surface area contributed by atoms with Gasteiger partial charge in [0, 0.05) is 30.0 Å². The summed E-state index contributed by atoms with van der Waals surface area (Å²) in [6.07, 6.45) is 6.26. The molecule has 2 bridgehead atoms. The SMILES string of the molecule is COCCOCCOCCO[C@H]1C=CC2C3Cc4ccc(O)c5c4[C@@]2(CCN3C)[C@H]1O5. The number of hydrogen-bond donors (Lipinski definition) is 1. The lowest BCUT2D eigenvalue weighted by Crippen LogP contribution is -2.65. The monoisotopic (exact) mass is 431 g/mol. The number of phenolic OH excluding ortho intramolecular Hbond substituents is 1. The molecule has 31 heavy (non-hydrogen) atoms. The number of nitrogens with zero attached hydrogens (tertiary/aromatic N) is 1. The van der Waals surface area contributed by atoms with E-state index in [4.69, 9.17) is 23.7 Å². The lowest BCUT2D eigenvalue weighted by atomic mass is 9.53. The van der Waals surface area contributed by atoms with Gasteiger partial charge in [-0.3, -0.25) is 0 Å². The van der Waals surface area contributed by atoms with E-state index in [1.165, 1.54) is 11.1 Å². The highest BCUT2D eigenvalue weighted by molar-refractivity contribution is 5.61. The molecule has 1 aromatic rings. The Labute approximate surface area is 183 Å². The van der Waals surface area contributed by atoms with Crippen molar-refractivity contribution in [3.63, 3.8) is 0 Å². The Morgan fingerprint density at radius 3 is 2.68 bits per heavy atom. The predicted molar refractivity (Wildman–Crippen MR) is 115 cm³/mol. The Balaban J connectivity index is 1.26. The second-order valence-corrected chi connectivity index (χ2v) is 8.99. The summed E-state index contributed by atoms with van der Waals surface area (Å²) in [5, 5.41) is 10.6. The molecule has 7 heteroatoms. The fourth-order valence-corrected chi connectivity index (χ4v) is 6.07. The van der Waals surface area contributed by atoms with Crippen LogP contribution >= 0.6 is 0 Å². The molecule has 170 valence electrons. The van der Waals surface area contributed by atoms with E-state index in [2.05, 4.69) is 30.2 Å². The number of methoxy groups -OCH3 is 1. The average molecular weight is 432 g/mol. The van der Waals surface area contributed by atoms with Crippen LogP contribution in [-0.2, 0) is 30.8 Å². The van der Waals surface area contributed by atoms with Crippen molar-refractivity contribution < 1.29 is 28.8 Å². The van der Waals surface area contributed by atoms with Crippen molar-refractivity contribution in [3.8, 4) is 11.5 Å². The van der Waals surface area contributed by atoms with Crippen molar-refractivity contribution in [1.29, 1.82) is 0 Å². The molecule has 1 spiro atoms. The number of rotatable bonds is 10. The fourth-order valence-electron chi connectivity index (χ4n) is 6.07. The predicted octanol–water partition coefficient (Wildman–Crippen LogP) is 1.90. The molecule has 0 saturated carbocycles. The molecular formula is C24H33NO6. The quantitative estimate of drug-likeness (QED) is 0.448. The topological polar surface area (TPSA) is 69.6 Å². The molecule has 7 nitrogen and oxygen atoms in total. The third-order valence-corrected chi connectivity index (χ3v) is 7.47. The maximum Gasteiger partial charge on any atom is 0.165 e. The molecule has 4 aliphatic rings. The highest BCUT2D eigenvalue weighted by Gasteiger charge is 2.64. The van der Waals surface area contributed by atoms with E-state index < -0.39 is 0 Å². The van der Waals surface area contributed by atoms with Crippen LogP contribution in [0.2, 0.25) is 0 Å². The average Bonchev–Trinajstić information content (AvgIpc) is 3.13. The summed E-state index contributed by atoms with van der Waals surface area (Å²) in [5.41, 5.74) is 2.43. The van der Waals surface area contributed by atoms with Crippen LogP contribution in [-0.4, -0.2) is 88.6 Å². The standard InChI is InChI=1S/C24H33NO6/c1-25-8-7-24-17-4-6-20(30-14-13-29-12-11-28-10-9-27-2)23(24)31-22-19(26)5-3-16(21(22)24)15-18(17)25/h3-6,17-18,20,23,26H,7-15H2,1-2H3/t17?,18?,20-,23-,24-/m0/s1. The van der Waals surface area contributed by atoms with E-state index in [1.807, 2.05) is 0 Å². The van der Waals surface area contributed by atoms with Gasteiger partial charge in [-0.2, -0.15) is 0 Å². The van der Waals surface area contributed by atoms with Gasteiger partial charge in [-0.25, -0.2) is 0 Å². The molecule has 1 fully saturated rings. The Hall–Kier alpha value is -1.64. The lowest BCUT2D eigenvalue weighted by molar-refractivity contribution is -0.0816. The van der Waals surface area contributed by atoms with Crippen molar-refractivity contribution in [1.82, 2.24) is 4.90 Å². The molecule has 5 atom stereocenters. The first-order valence-corrected chi connectivity index (χ1v) is 11.3. The van der Waals surface area contributed by atoms with E-state index in [9.17, 15) is 5.11 Å². The Morgan fingerprint density at radius 2 is 1.87 bits per heavy atom. The molecule has 5 rings (SSSR count). The molecule has 2 aliphatic carbocycles. The molecular weight excluding hydrogens is 398 g/mol. The lowest BCUT2D eigenvalue weighted by Gasteiger charge is -2.56. The zero-order valence-corrected chi connectivity index (χ0v) is 18.4. The second-order valence-electron chi connectivity index (χ2n) is 8.99. The van der Waals surface area contributed by atoms with E-state index in [1.54, 1.807) is 13.2 Å². The minimum atomic E-state index is -0.153. The maximum atomic E-state index is 10.6. The summed E-state index contributed by atoms with van der Waals surface area (Å²) in [4.78, 5) is 2.48. The molecule has 1 saturated heterocycles.